The van der Waals surface area contributed by atoms with Gasteiger partial charge in [-0.1, -0.05) is 20.8 Å². The Morgan fingerprint density at radius 1 is 1.22 bits per heavy atom. The highest BCUT2D eigenvalue weighted by Crippen LogP contribution is 2.26. The molecule has 2 heterocycles. The molecular formula is C15H30N2O. The molecular weight excluding hydrogens is 224 g/mol. The van der Waals surface area contributed by atoms with Crippen LogP contribution >= 0.6 is 0 Å². The number of ether oxygens (including phenoxy) is 1. The summed E-state index contributed by atoms with van der Waals surface area (Å²) >= 11 is 0. The Morgan fingerprint density at radius 2 is 1.94 bits per heavy atom. The normalized spacial score (nSPS) is 37.8. The topological polar surface area (TPSA) is 24.5 Å². The lowest BCUT2D eigenvalue weighted by molar-refractivity contribution is 0.0210. The second kappa shape index (κ2) is 6.36. The van der Waals surface area contributed by atoms with E-state index in [9.17, 15) is 0 Å². The van der Waals surface area contributed by atoms with Gasteiger partial charge in [-0.05, 0) is 32.1 Å². The zero-order valence-electron chi connectivity index (χ0n) is 12.5. The molecule has 0 radical (unpaired) electrons. The molecule has 18 heavy (non-hydrogen) atoms. The third-order valence-electron chi connectivity index (χ3n) is 4.30. The van der Waals surface area contributed by atoms with Gasteiger partial charge in [0, 0.05) is 31.7 Å². The molecule has 1 N–H and O–H groups in total. The molecule has 0 bridgehead atoms. The van der Waals surface area contributed by atoms with Gasteiger partial charge >= 0.3 is 0 Å². The van der Waals surface area contributed by atoms with Gasteiger partial charge in [-0.3, -0.25) is 4.90 Å². The Kier molecular flexibility index (Phi) is 5.05. The molecule has 2 fully saturated rings. The summed E-state index contributed by atoms with van der Waals surface area (Å²) in [5, 5.41) is 3.48. The molecule has 0 aromatic rings. The molecule has 2 aliphatic heterocycles. The molecule has 106 valence electrons. The molecule has 4 unspecified atom stereocenters. The van der Waals surface area contributed by atoms with Crippen molar-refractivity contribution in [1.82, 2.24) is 10.2 Å². The smallest absolute Gasteiger partial charge is 0.0707 e. The lowest BCUT2D eigenvalue weighted by Crippen LogP contribution is -2.36. The predicted molar refractivity (Wildman–Crippen MR) is 75.8 cm³/mol. The van der Waals surface area contributed by atoms with Gasteiger partial charge < -0.3 is 10.1 Å². The lowest BCUT2D eigenvalue weighted by Gasteiger charge is -2.25. The van der Waals surface area contributed by atoms with Crippen molar-refractivity contribution >= 4 is 0 Å². The molecule has 2 aliphatic rings. The summed E-state index contributed by atoms with van der Waals surface area (Å²) in [6.45, 7) is 12.5. The van der Waals surface area contributed by atoms with E-state index in [2.05, 4.69) is 37.9 Å². The van der Waals surface area contributed by atoms with Gasteiger partial charge in [0.05, 0.1) is 12.2 Å². The Morgan fingerprint density at radius 3 is 2.56 bits per heavy atom. The van der Waals surface area contributed by atoms with E-state index in [1.807, 2.05) is 0 Å². The van der Waals surface area contributed by atoms with Gasteiger partial charge in [0.25, 0.3) is 0 Å². The summed E-state index contributed by atoms with van der Waals surface area (Å²) in [6, 6.07) is 1.31. The van der Waals surface area contributed by atoms with Crippen molar-refractivity contribution in [1.29, 1.82) is 0 Å². The van der Waals surface area contributed by atoms with Crippen molar-refractivity contribution in [2.45, 2.75) is 71.2 Å². The Balaban J connectivity index is 1.69. The number of nitrogens with zero attached hydrogens (tertiary/aromatic N) is 1. The Hall–Kier alpha value is -0.120. The summed E-state index contributed by atoms with van der Waals surface area (Å²) in [5.41, 5.74) is 0. The SMILES string of the molecule is CC1CC(C)N(CC2CCC(CNC(C)C)O2)C1. The highest BCUT2D eigenvalue weighted by Gasteiger charge is 2.31. The second-order valence-electron chi connectivity index (χ2n) is 6.66. The van der Waals surface area contributed by atoms with E-state index >= 15 is 0 Å². The van der Waals surface area contributed by atoms with E-state index in [0.29, 0.717) is 18.2 Å². The van der Waals surface area contributed by atoms with Crippen LogP contribution in [0.3, 0.4) is 0 Å². The Bertz CT molecular complexity index is 257. The van der Waals surface area contributed by atoms with Crippen LogP contribution in [0.5, 0.6) is 0 Å². The van der Waals surface area contributed by atoms with Gasteiger partial charge in [-0.15, -0.1) is 0 Å². The summed E-state index contributed by atoms with van der Waals surface area (Å²) in [4.78, 5) is 2.62. The fourth-order valence-electron chi connectivity index (χ4n) is 3.33. The van der Waals surface area contributed by atoms with E-state index in [0.717, 1.165) is 25.0 Å². The van der Waals surface area contributed by atoms with Crippen LogP contribution in [0.2, 0.25) is 0 Å². The van der Waals surface area contributed by atoms with Crippen molar-refractivity contribution < 1.29 is 4.74 Å². The lowest BCUT2D eigenvalue weighted by atomic mass is 10.1. The molecule has 0 spiro atoms. The van der Waals surface area contributed by atoms with Crippen molar-refractivity contribution in [2.24, 2.45) is 5.92 Å². The first-order valence-electron chi connectivity index (χ1n) is 7.67. The van der Waals surface area contributed by atoms with Gasteiger partial charge in [0.1, 0.15) is 0 Å². The number of nitrogens with one attached hydrogen (secondary N) is 1. The molecule has 2 rings (SSSR count). The van der Waals surface area contributed by atoms with Crippen LogP contribution < -0.4 is 5.32 Å². The molecule has 0 aliphatic carbocycles. The zero-order chi connectivity index (χ0) is 13.1. The molecule has 4 atom stereocenters. The van der Waals surface area contributed by atoms with Crippen LogP contribution in [0.25, 0.3) is 0 Å². The number of rotatable bonds is 5. The number of hydrogen-bond acceptors (Lipinski definition) is 3. The third-order valence-corrected chi connectivity index (χ3v) is 4.30. The first-order valence-corrected chi connectivity index (χ1v) is 7.67. The fourth-order valence-corrected chi connectivity index (χ4v) is 3.33. The maximum atomic E-state index is 6.15. The van der Waals surface area contributed by atoms with Crippen LogP contribution in [-0.4, -0.2) is 48.8 Å². The average Bonchev–Trinajstić information content (AvgIpc) is 2.84. The minimum absolute atomic E-state index is 0.438. The van der Waals surface area contributed by atoms with Gasteiger partial charge in [0.2, 0.25) is 0 Å². The molecule has 3 nitrogen and oxygen atoms in total. The summed E-state index contributed by atoms with van der Waals surface area (Å²) in [7, 11) is 0. The maximum Gasteiger partial charge on any atom is 0.0707 e. The summed E-state index contributed by atoms with van der Waals surface area (Å²) in [5.74, 6) is 0.861. The fraction of sp³-hybridized carbons (Fsp3) is 1.00. The molecule has 0 aromatic carbocycles. The van der Waals surface area contributed by atoms with E-state index in [1.165, 1.54) is 25.8 Å². The van der Waals surface area contributed by atoms with Crippen LogP contribution in [0.1, 0.15) is 47.0 Å². The van der Waals surface area contributed by atoms with E-state index in [4.69, 9.17) is 4.74 Å². The first kappa shape index (κ1) is 14.3. The quantitative estimate of drug-likeness (QED) is 0.814. The largest absolute Gasteiger partial charge is 0.372 e. The minimum atomic E-state index is 0.438. The molecule has 0 saturated carbocycles. The average molecular weight is 254 g/mol. The number of hydrogen-bond donors (Lipinski definition) is 1. The second-order valence-corrected chi connectivity index (χ2v) is 6.66. The monoisotopic (exact) mass is 254 g/mol. The molecule has 0 amide bonds. The van der Waals surface area contributed by atoms with Gasteiger partial charge in [-0.25, -0.2) is 0 Å². The predicted octanol–water partition coefficient (Wildman–Crippen LogP) is 2.26. The Labute approximate surface area is 112 Å². The van der Waals surface area contributed by atoms with Crippen molar-refractivity contribution in [3.63, 3.8) is 0 Å². The highest BCUT2D eigenvalue weighted by molar-refractivity contribution is 4.85. The summed E-state index contributed by atoms with van der Waals surface area (Å²) < 4.78 is 6.15. The van der Waals surface area contributed by atoms with Crippen LogP contribution in [0, 0.1) is 5.92 Å². The molecule has 2 saturated heterocycles. The number of likely N-dealkylation sites (tertiary alicyclic amines) is 1. The van der Waals surface area contributed by atoms with Gasteiger partial charge in [0.15, 0.2) is 0 Å². The first-order chi connectivity index (χ1) is 8.54. The van der Waals surface area contributed by atoms with Crippen LogP contribution in [-0.2, 0) is 4.74 Å². The maximum absolute atomic E-state index is 6.15. The van der Waals surface area contributed by atoms with E-state index < -0.39 is 0 Å². The minimum Gasteiger partial charge on any atom is -0.372 e. The highest BCUT2D eigenvalue weighted by atomic mass is 16.5. The van der Waals surface area contributed by atoms with Crippen molar-refractivity contribution in [2.75, 3.05) is 19.6 Å². The van der Waals surface area contributed by atoms with Crippen molar-refractivity contribution in [3.05, 3.63) is 0 Å². The standard InChI is InChI=1S/C15H30N2O/c1-11(2)16-8-14-5-6-15(18-14)10-17-9-12(3)7-13(17)4/h11-16H,5-10H2,1-4H3. The van der Waals surface area contributed by atoms with E-state index in [-0.39, 0.29) is 0 Å². The van der Waals surface area contributed by atoms with E-state index in [1.54, 1.807) is 0 Å². The van der Waals surface area contributed by atoms with Crippen LogP contribution in [0.15, 0.2) is 0 Å². The van der Waals surface area contributed by atoms with Crippen LogP contribution in [0.4, 0.5) is 0 Å². The molecule has 3 heteroatoms. The molecule has 0 aromatic heterocycles. The third kappa shape index (κ3) is 3.94. The van der Waals surface area contributed by atoms with Crippen molar-refractivity contribution in [3.8, 4) is 0 Å². The van der Waals surface area contributed by atoms with Gasteiger partial charge in [-0.2, -0.15) is 0 Å². The zero-order valence-corrected chi connectivity index (χ0v) is 12.5. The summed E-state index contributed by atoms with van der Waals surface area (Å²) in [6.07, 6.45) is 4.72.